The minimum Gasteiger partial charge on any atom is -0.490 e. The van der Waals surface area contributed by atoms with Gasteiger partial charge in [0.2, 0.25) is 0 Å². The van der Waals surface area contributed by atoms with E-state index in [2.05, 4.69) is 35.8 Å². The second-order valence-electron chi connectivity index (χ2n) is 8.53. The van der Waals surface area contributed by atoms with Crippen LogP contribution >= 0.6 is 24.8 Å². The zero-order valence-corrected chi connectivity index (χ0v) is 19.0. The number of rotatable bonds is 6. The summed E-state index contributed by atoms with van der Waals surface area (Å²) < 4.78 is 11.8. The monoisotopic (exact) mass is 430 g/mol. The smallest absolute Gasteiger partial charge is 0.125 e. The van der Waals surface area contributed by atoms with E-state index < -0.39 is 0 Å². The van der Waals surface area contributed by atoms with E-state index in [1.807, 2.05) is 0 Å². The van der Waals surface area contributed by atoms with E-state index >= 15 is 0 Å². The molecule has 0 spiro atoms. The van der Waals surface area contributed by atoms with E-state index in [1.165, 1.54) is 62.0 Å². The van der Waals surface area contributed by atoms with Gasteiger partial charge in [0.25, 0.3) is 0 Å². The maximum atomic E-state index is 6.40. The highest BCUT2D eigenvalue weighted by atomic mass is 35.5. The van der Waals surface area contributed by atoms with Gasteiger partial charge in [-0.15, -0.1) is 24.8 Å². The number of morpholine rings is 1. The van der Waals surface area contributed by atoms with E-state index in [0.717, 1.165) is 44.5 Å². The Hall–Kier alpha value is -0.520. The highest BCUT2D eigenvalue weighted by Crippen LogP contribution is 2.35. The van der Waals surface area contributed by atoms with Gasteiger partial charge in [0, 0.05) is 26.2 Å². The number of benzene rings is 1. The van der Waals surface area contributed by atoms with Crippen molar-refractivity contribution in [2.24, 2.45) is 5.92 Å². The van der Waals surface area contributed by atoms with E-state index in [0.29, 0.717) is 6.10 Å². The van der Waals surface area contributed by atoms with Crippen LogP contribution in [0.5, 0.6) is 5.75 Å². The fourth-order valence-electron chi connectivity index (χ4n) is 4.75. The molecule has 1 aromatic rings. The number of hydrogen-bond acceptors (Lipinski definition) is 4. The minimum absolute atomic E-state index is 0. The van der Waals surface area contributed by atoms with Crippen LogP contribution in [0.2, 0.25) is 0 Å². The van der Waals surface area contributed by atoms with Gasteiger partial charge in [-0.05, 0) is 75.2 Å². The molecule has 3 aliphatic rings. The lowest BCUT2D eigenvalue weighted by molar-refractivity contribution is -0.000188. The molecule has 1 aliphatic carbocycles. The Labute approximate surface area is 182 Å². The van der Waals surface area contributed by atoms with E-state index in [4.69, 9.17) is 9.47 Å². The summed E-state index contributed by atoms with van der Waals surface area (Å²) in [4.78, 5) is 5.12. The number of likely N-dealkylation sites (tertiary alicyclic amines) is 1. The standard InChI is InChI=1S/C22H34N2O2.2ClH/c1-17-11-19(15-23-5-3-4-6-23)12-18(2)22(17)26-21-13-20(14-21)16-24-7-9-25-10-8-24;;/h11-12,20-21H,3-10,13-16H2,1-2H3;2*1H/t20-,21-;;. The zero-order chi connectivity index (χ0) is 17.9. The van der Waals surface area contributed by atoms with E-state index in [-0.39, 0.29) is 24.8 Å². The van der Waals surface area contributed by atoms with Gasteiger partial charge in [0.15, 0.2) is 0 Å². The lowest BCUT2D eigenvalue weighted by Crippen LogP contribution is -2.45. The average molecular weight is 431 g/mol. The van der Waals surface area contributed by atoms with Gasteiger partial charge in [-0.1, -0.05) is 12.1 Å². The molecule has 6 heteroatoms. The largest absolute Gasteiger partial charge is 0.490 e. The van der Waals surface area contributed by atoms with Crippen molar-refractivity contribution in [3.63, 3.8) is 0 Å². The van der Waals surface area contributed by atoms with Gasteiger partial charge in [0.05, 0.1) is 19.3 Å². The molecule has 1 saturated carbocycles. The van der Waals surface area contributed by atoms with Crippen LogP contribution in [0, 0.1) is 19.8 Å². The molecule has 0 radical (unpaired) electrons. The predicted octanol–water partition coefficient (Wildman–Crippen LogP) is 4.23. The van der Waals surface area contributed by atoms with Crippen molar-refractivity contribution in [1.29, 1.82) is 0 Å². The van der Waals surface area contributed by atoms with Gasteiger partial charge in [-0.2, -0.15) is 0 Å². The van der Waals surface area contributed by atoms with Crippen LogP contribution in [0.3, 0.4) is 0 Å². The number of ether oxygens (including phenoxy) is 2. The highest BCUT2D eigenvalue weighted by molar-refractivity contribution is 5.85. The summed E-state index contributed by atoms with van der Waals surface area (Å²) in [5, 5.41) is 0. The van der Waals surface area contributed by atoms with Gasteiger partial charge < -0.3 is 9.47 Å². The molecule has 2 saturated heterocycles. The molecule has 3 fully saturated rings. The molecule has 0 N–H and O–H groups in total. The topological polar surface area (TPSA) is 24.9 Å². The van der Waals surface area contributed by atoms with Crippen molar-refractivity contribution >= 4 is 24.8 Å². The lowest BCUT2D eigenvalue weighted by atomic mass is 9.81. The summed E-state index contributed by atoms with van der Waals surface area (Å²) in [7, 11) is 0. The number of hydrogen-bond donors (Lipinski definition) is 0. The Morgan fingerprint density at radius 1 is 0.929 bits per heavy atom. The first-order valence-corrected chi connectivity index (χ1v) is 10.5. The lowest BCUT2D eigenvalue weighted by Gasteiger charge is -2.40. The molecule has 4 nitrogen and oxygen atoms in total. The van der Waals surface area contributed by atoms with Crippen LogP contribution in [-0.2, 0) is 11.3 Å². The SMILES string of the molecule is Cc1cc(CN2CCCC2)cc(C)c1O[C@H]1C[C@H](CN2CCOCC2)C1.Cl.Cl. The summed E-state index contributed by atoms with van der Waals surface area (Å²) in [6.45, 7) is 13.2. The van der Waals surface area contributed by atoms with Crippen molar-refractivity contribution < 1.29 is 9.47 Å². The van der Waals surface area contributed by atoms with Crippen molar-refractivity contribution in [3.8, 4) is 5.75 Å². The van der Waals surface area contributed by atoms with Crippen LogP contribution in [0.15, 0.2) is 12.1 Å². The molecule has 0 bridgehead atoms. The number of halogens is 2. The molecule has 2 heterocycles. The zero-order valence-electron chi connectivity index (χ0n) is 17.3. The molecule has 0 atom stereocenters. The van der Waals surface area contributed by atoms with Crippen LogP contribution < -0.4 is 4.74 Å². The van der Waals surface area contributed by atoms with Crippen molar-refractivity contribution in [1.82, 2.24) is 9.80 Å². The highest BCUT2D eigenvalue weighted by Gasteiger charge is 2.33. The Morgan fingerprint density at radius 3 is 2.14 bits per heavy atom. The van der Waals surface area contributed by atoms with Crippen LogP contribution in [0.25, 0.3) is 0 Å². The predicted molar refractivity (Wildman–Crippen MR) is 119 cm³/mol. The molecular formula is C22H36Cl2N2O2. The molecule has 28 heavy (non-hydrogen) atoms. The maximum absolute atomic E-state index is 6.40. The summed E-state index contributed by atoms with van der Waals surface area (Å²) in [5.74, 6) is 1.93. The number of nitrogens with zero attached hydrogens (tertiary/aromatic N) is 2. The van der Waals surface area contributed by atoms with Crippen LogP contribution in [-0.4, -0.2) is 61.8 Å². The molecule has 160 valence electrons. The fourth-order valence-corrected chi connectivity index (χ4v) is 4.75. The third-order valence-electron chi connectivity index (χ3n) is 6.22. The fraction of sp³-hybridized carbons (Fsp3) is 0.727. The van der Waals surface area contributed by atoms with Crippen LogP contribution in [0.1, 0.15) is 42.4 Å². The third-order valence-corrected chi connectivity index (χ3v) is 6.22. The third kappa shape index (κ3) is 5.99. The average Bonchev–Trinajstić information content (AvgIpc) is 3.09. The first kappa shape index (κ1) is 23.8. The Kier molecular flexibility index (Phi) is 9.36. The van der Waals surface area contributed by atoms with E-state index in [9.17, 15) is 0 Å². The first-order valence-electron chi connectivity index (χ1n) is 10.5. The normalized spacial score (nSPS) is 25.5. The molecule has 0 amide bonds. The van der Waals surface area contributed by atoms with Gasteiger partial charge >= 0.3 is 0 Å². The summed E-state index contributed by atoms with van der Waals surface area (Å²) in [6.07, 6.45) is 5.51. The Balaban J connectivity index is 0.00000140. The molecular weight excluding hydrogens is 395 g/mol. The second-order valence-corrected chi connectivity index (χ2v) is 8.53. The van der Waals surface area contributed by atoms with Crippen molar-refractivity contribution in [2.45, 2.75) is 52.2 Å². The van der Waals surface area contributed by atoms with Gasteiger partial charge in [-0.3, -0.25) is 9.80 Å². The van der Waals surface area contributed by atoms with Gasteiger partial charge in [0.1, 0.15) is 5.75 Å². The van der Waals surface area contributed by atoms with Gasteiger partial charge in [-0.25, -0.2) is 0 Å². The Morgan fingerprint density at radius 2 is 1.54 bits per heavy atom. The first-order chi connectivity index (χ1) is 12.7. The molecule has 1 aromatic carbocycles. The van der Waals surface area contributed by atoms with E-state index in [1.54, 1.807) is 0 Å². The Bertz CT molecular complexity index is 588. The second kappa shape index (κ2) is 11.0. The molecule has 0 aromatic heterocycles. The van der Waals surface area contributed by atoms with Crippen LogP contribution in [0.4, 0.5) is 0 Å². The maximum Gasteiger partial charge on any atom is 0.125 e. The summed E-state index contributed by atoms with van der Waals surface area (Å²) in [6, 6.07) is 4.68. The number of aryl methyl sites for hydroxylation is 2. The molecule has 0 unspecified atom stereocenters. The van der Waals surface area contributed by atoms with Crippen molar-refractivity contribution in [2.75, 3.05) is 45.9 Å². The quantitative estimate of drug-likeness (QED) is 0.673. The molecule has 2 aliphatic heterocycles. The molecule has 4 rings (SSSR count). The minimum atomic E-state index is 0. The van der Waals surface area contributed by atoms with Crippen molar-refractivity contribution in [3.05, 3.63) is 28.8 Å². The summed E-state index contributed by atoms with van der Waals surface area (Å²) in [5.41, 5.74) is 4.04. The summed E-state index contributed by atoms with van der Waals surface area (Å²) >= 11 is 0.